The molecule has 0 spiro atoms. The van der Waals surface area contributed by atoms with Crippen LogP contribution in [0.3, 0.4) is 0 Å². The van der Waals surface area contributed by atoms with Crippen molar-refractivity contribution in [3.8, 4) is 0 Å². The van der Waals surface area contributed by atoms with Crippen LogP contribution in [0.4, 0.5) is 0 Å². The van der Waals surface area contributed by atoms with Gasteiger partial charge in [-0.15, -0.1) is 11.3 Å². The molecular formula is C11H14BrNOS. The molecule has 1 aliphatic rings. The second-order valence-corrected chi connectivity index (χ2v) is 5.77. The minimum Gasteiger partial charge on any atom is -0.330 e. The molecule has 1 fully saturated rings. The highest BCUT2D eigenvalue weighted by atomic mass is 79.9. The Morgan fingerprint density at radius 1 is 1.60 bits per heavy atom. The third-order valence-electron chi connectivity index (χ3n) is 3.14. The van der Waals surface area contributed by atoms with E-state index in [-0.39, 0.29) is 11.7 Å². The molecule has 0 saturated heterocycles. The van der Waals surface area contributed by atoms with Crippen LogP contribution < -0.4 is 5.73 Å². The summed E-state index contributed by atoms with van der Waals surface area (Å²) in [5.74, 6) is 0.835. The van der Waals surface area contributed by atoms with Crippen molar-refractivity contribution in [1.29, 1.82) is 0 Å². The zero-order valence-electron chi connectivity index (χ0n) is 8.41. The molecule has 2 nitrogen and oxygen atoms in total. The normalized spacial score (nSPS) is 25.7. The van der Waals surface area contributed by atoms with Gasteiger partial charge in [-0.25, -0.2) is 0 Å². The summed E-state index contributed by atoms with van der Waals surface area (Å²) >= 11 is 4.93. The molecule has 1 aromatic heterocycles. The Morgan fingerprint density at radius 2 is 2.40 bits per heavy atom. The summed E-state index contributed by atoms with van der Waals surface area (Å²) in [6.45, 7) is 0.638. The van der Waals surface area contributed by atoms with Crippen LogP contribution in [-0.4, -0.2) is 12.3 Å². The van der Waals surface area contributed by atoms with Crippen LogP contribution in [0.25, 0.3) is 0 Å². The number of Topliss-reactive ketones (excluding diaryl/α,β-unsaturated/α-hetero) is 1. The lowest BCUT2D eigenvalue weighted by Gasteiger charge is -2.15. The number of carbonyl (C=O) groups is 1. The van der Waals surface area contributed by atoms with E-state index in [4.69, 9.17) is 5.73 Å². The minimum absolute atomic E-state index is 0.157. The van der Waals surface area contributed by atoms with Gasteiger partial charge in [-0.2, -0.15) is 0 Å². The molecule has 82 valence electrons. The van der Waals surface area contributed by atoms with Crippen molar-refractivity contribution in [2.75, 3.05) is 6.54 Å². The largest absolute Gasteiger partial charge is 0.330 e. The van der Waals surface area contributed by atoms with Crippen molar-refractivity contribution in [2.45, 2.75) is 19.3 Å². The first-order valence-electron chi connectivity index (χ1n) is 5.21. The van der Waals surface area contributed by atoms with Gasteiger partial charge >= 0.3 is 0 Å². The molecule has 0 bridgehead atoms. The van der Waals surface area contributed by atoms with Gasteiger partial charge in [0, 0.05) is 10.4 Å². The van der Waals surface area contributed by atoms with Crippen molar-refractivity contribution in [2.24, 2.45) is 17.6 Å². The molecular weight excluding hydrogens is 274 g/mol. The zero-order chi connectivity index (χ0) is 10.8. The summed E-state index contributed by atoms with van der Waals surface area (Å²) in [6.07, 6.45) is 3.25. The fourth-order valence-electron chi connectivity index (χ4n) is 2.30. The molecule has 0 radical (unpaired) electrons. The first-order chi connectivity index (χ1) is 7.24. The number of nitrogens with two attached hydrogens (primary N) is 1. The molecule has 2 N–H and O–H groups in total. The van der Waals surface area contributed by atoms with Gasteiger partial charge in [0.2, 0.25) is 0 Å². The molecule has 0 aromatic carbocycles. The number of hydrogen-bond acceptors (Lipinski definition) is 3. The smallest absolute Gasteiger partial charge is 0.177 e. The summed E-state index contributed by atoms with van der Waals surface area (Å²) in [5.41, 5.74) is 5.69. The fourth-order valence-corrected chi connectivity index (χ4v) is 3.87. The van der Waals surface area contributed by atoms with Gasteiger partial charge in [0.25, 0.3) is 0 Å². The zero-order valence-corrected chi connectivity index (χ0v) is 10.8. The monoisotopic (exact) mass is 287 g/mol. The van der Waals surface area contributed by atoms with E-state index in [0.29, 0.717) is 12.5 Å². The Bertz CT molecular complexity index is 363. The number of hydrogen-bond donors (Lipinski definition) is 1. The highest BCUT2D eigenvalue weighted by molar-refractivity contribution is 9.10. The van der Waals surface area contributed by atoms with Crippen LogP contribution in [0.5, 0.6) is 0 Å². The van der Waals surface area contributed by atoms with Gasteiger partial charge in [0.1, 0.15) is 0 Å². The van der Waals surface area contributed by atoms with Gasteiger partial charge in [0.05, 0.1) is 4.88 Å². The van der Waals surface area contributed by atoms with Crippen LogP contribution in [0, 0.1) is 11.8 Å². The van der Waals surface area contributed by atoms with Gasteiger partial charge < -0.3 is 5.73 Å². The van der Waals surface area contributed by atoms with Gasteiger partial charge in [-0.3, -0.25) is 4.79 Å². The Balaban J connectivity index is 2.18. The van der Waals surface area contributed by atoms with Crippen molar-refractivity contribution < 1.29 is 4.79 Å². The number of rotatable bonds is 3. The van der Waals surface area contributed by atoms with Crippen molar-refractivity contribution in [1.82, 2.24) is 0 Å². The average molecular weight is 288 g/mol. The Morgan fingerprint density at radius 3 is 3.00 bits per heavy atom. The second kappa shape index (κ2) is 4.76. The number of carbonyl (C=O) groups excluding carboxylic acids is 1. The van der Waals surface area contributed by atoms with Gasteiger partial charge in [0.15, 0.2) is 5.78 Å². The lowest BCUT2D eigenvalue weighted by atomic mass is 9.91. The van der Waals surface area contributed by atoms with E-state index in [1.54, 1.807) is 0 Å². The second-order valence-electron chi connectivity index (χ2n) is 4.00. The first kappa shape index (κ1) is 11.3. The molecule has 15 heavy (non-hydrogen) atoms. The highest BCUT2D eigenvalue weighted by Crippen LogP contribution is 2.36. The van der Waals surface area contributed by atoms with Crippen LogP contribution in [0.2, 0.25) is 0 Å². The molecule has 0 amide bonds. The molecule has 4 heteroatoms. The standard InChI is InChI=1S/C11H14BrNOS/c12-9-4-5-15-11(9)10(14)8-3-1-2-7(8)6-13/h4-5,7-8H,1-3,6,13H2. The van der Waals surface area contributed by atoms with Gasteiger partial charge in [-0.1, -0.05) is 6.42 Å². The van der Waals surface area contributed by atoms with E-state index < -0.39 is 0 Å². The minimum atomic E-state index is 0.157. The number of thiophene rings is 1. The predicted octanol–water partition coefficient (Wildman–Crippen LogP) is 3.07. The van der Waals surface area contributed by atoms with Crippen LogP contribution in [-0.2, 0) is 0 Å². The lowest BCUT2D eigenvalue weighted by Crippen LogP contribution is -2.24. The van der Waals surface area contributed by atoms with Crippen molar-refractivity contribution in [3.05, 3.63) is 20.8 Å². The molecule has 1 saturated carbocycles. The van der Waals surface area contributed by atoms with E-state index in [0.717, 1.165) is 28.6 Å². The summed E-state index contributed by atoms with van der Waals surface area (Å²) in [4.78, 5) is 13.1. The maximum Gasteiger partial charge on any atom is 0.177 e. The molecule has 2 atom stereocenters. The van der Waals surface area contributed by atoms with Crippen molar-refractivity contribution >= 4 is 33.0 Å². The molecule has 0 aliphatic heterocycles. The third kappa shape index (κ3) is 2.17. The summed E-state index contributed by atoms with van der Waals surface area (Å²) in [7, 11) is 0. The fraction of sp³-hybridized carbons (Fsp3) is 0.545. The van der Waals surface area contributed by atoms with E-state index in [1.807, 2.05) is 11.4 Å². The Labute approximate surface area is 102 Å². The van der Waals surface area contributed by atoms with E-state index in [2.05, 4.69) is 15.9 Å². The number of ketones is 1. The first-order valence-corrected chi connectivity index (χ1v) is 6.88. The van der Waals surface area contributed by atoms with Crippen LogP contribution >= 0.6 is 27.3 Å². The van der Waals surface area contributed by atoms with Crippen molar-refractivity contribution in [3.63, 3.8) is 0 Å². The molecule has 1 heterocycles. The molecule has 1 aromatic rings. The van der Waals surface area contributed by atoms with Crippen LogP contribution in [0.15, 0.2) is 15.9 Å². The van der Waals surface area contributed by atoms with E-state index >= 15 is 0 Å². The van der Waals surface area contributed by atoms with E-state index in [1.165, 1.54) is 11.3 Å². The summed E-state index contributed by atoms with van der Waals surface area (Å²) in [6, 6.07) is 1.93. The molecule has 2 rings (SSSR count). The van der Waals surface area contributed by atoms with Crippen LogP contribution in [0.1, 0.15) is 28.9 Å². The SMILES string of the molecule is NCC1CCCC1C(=O)c1sccc1Br. The Kier molecular flexibility index (Phi) is 3.59. The maximum absolute atomic E-state index is 12.2. The summed E-state index contributed by atoms with van der Waals surface area (Å²) in [5, 5.41) is 1.95. The predicted molar refractivity (Wildman–Crippen MR) is 66.2 cm³/mol. The number of halogens is 1. The van der Waals surface area contributed by atoms with E-state index in [9.17, 15) is 4.79 Å². The van der Waals surface area contributed by atoms with Gasteiger partial charge in [-0.05, 0) is 52.7 Å². The Hall–Kier alpha value is -0.190. The lowest BCUT2D eigenvalue weighted by molar-refractivity contribution is 0.0897. The third-order valence-corrected chi connectivity index (χ3v) is 4.99. The summed E-state index contributed by atoms with van der Waals surface area (Å²) < 4.78 is 0.931. The topological polar surface area (TPSA) is 43.1 Å². The molecule has 1 aliphatic carbocycles. The average Bonchev–Trinajstić information content (AvgIpc) is 2.84. The quantitative estimate of drug-likeness (QED) is 0.869. The maximum atomic E-state index is 12.2. The highest BCUT2D eigenvalue weighted by Gasteiger charge is 2.33. The molecule has 2 unspecified atom stereocenters.